The molecule has 0 aliphatic carbocycles. The van der Waals surface area contributed by atoms with Crippen molar-refractivity contribution in [2.45, 2.75) is 26.2 Å². The summed E-state index contributed by atoms with van der Waals surface area (Å²) in [7, 11) is 0. The van der Waals surface area contributed by atoms with E-state index in [9.17, 15) is 14.7 Å². The second-order valence-electron chi connectivity index (χ2n) is 7.24. The van der Waals surface area contributed by atoms with E-state index >= 15 is 0 Å². The predicted molar refractivity (Wildman–Crippen MR) is 107 cm³/mol. The molecule has 0 spiro atoms. The average molecular weight is 384 g/mol. The quantitative estimate of drug-likeness (QED) is 0.551. The molecule has 0 saturated carbocycles. The normalized spacial score (nSPS) is 20.1. The number of carbonyl (C=O) groups excluding carboxylic acids is 2. The van der Waals surface area contributed by atoms with E-state index in [0.717, 1.165) is 25.0 Å². The molecule has 0 aromatic heterocycles. The summed E-state index contributed by atoms with van der Waals surface area (Å²) in [5.41, 5.74) is 1.56. The summed E-state index contributed by atoms with van der Waals surface area (Å²) in [4.78, 5) is 29.3. The van der Waals surface area contributed by atoms with E-state index in [1.54, 1.807) is 6.08 Å². The van der Waals surface area contributed by atoms with E-state index in [0.29, 0.717) is 36.5 Å². The minimum Gasteiger partial charge on any atom is -0.494 e. The van der Waals surface area contributed by atoms with E-state index in [-0.39, 0.29) is 30.9 Å². The number of piperidine rings is 1. The molecule has 1 fully saturated rings. The Balaban J connectivity index is 1.98. The van der Waals surface area contributed by atoms with E-state index in [1.165, 1.54) is 4.90 Å². The average Bonchev–Trinajstić information content (AvgIpc) is 2.97. The van der Waals surface area contributed by atoms with Crippen molar-refractivity contribution in [3.63, 3.8) is 0 Å². The highest BCUT2D eigenvalue weighted by molar-refractivity contribution is 6.35. The molecule has 1 aromatic rings. The Labute approximate surface area is 166 Å². The van der Waals surface area contributed by atoms with Crippen LogP contribution in [0.4, 0.5) is 0 Å². The van der Waals surface area contributed by atoms with Crippen molar-refractivity contribution >= 4 is 17.4 Å². The number of benzene rings is 1. The molecule has 2 amide bonds. The zero-order valence-corrected chi connectivity index (χ0v) is 16.4. The second kappa shape index (κ2) is 9.06. The Morgan fingerprint density at radius 1 is 1.25 bits per heavy atom. The highest BCUT2D eigenvalue weighted by atomic mass is 16.5. The highest BCUT2D eigenvalue weighted by Gasteiger charge is 2.41. The van der Waals surface area contributed by atoms with Crippen molar-refractivity contribution in [1.29, 1.82) is 0 Å². The van der Waals surface area contributed by atoms with Crippen LogP contribution in [-0.2, 0) is 9.59 Å². The van der Waals surface area contributed by atoms with E-state index in [2.05, 4.69) is 6.58 Å². The molecule has 2 aliphatic heterocycles. The number of nitrogens with zero attached hydrogens (tertiary/aromatic N) is 2. The molecule has 3 rings (SSSR count). The maximum absolute atomic E-state index is 13.1. The van der Waals surface area contributed by atoms with Crippen LogP contribution >= 0.6 is 0 Å². The number of aliphatic hydroxyl groups is 1. The van der Waals surface area contributed by atoms with Gasteiger partial charge in [-0.1, -0.05) is 25.1 Å². The molecule has 6 nitrogen and oxygen atoms in total. The minimum atomic E-state index is -0.298. The fourth-order valence-corrected chi connectivity index (χ4v) is 3.77. The Morgan fingerprint density at radius 2 is 2.00 bits per heavy atom. The van der Waals surface area contributed by atoms with Gasteiger partial charge in [-0.3, -0.25) is 14.5 Å². The molecule has 1 atom stereocenters. The third kappa shape index (κ3) is 3.97. The number of carbonyl (C=O) groups is 2. The number of ether oxygens (including phenoxy) is 1. The van der Waals surface area contributed by atoms with Crippen molar-refractivity contribution < 1.29 is 19.4 Å². The van der Waals surface area contributed by atoms with Gasteiger partial charge in [-0.2, -0.15) is 0 Å². The number of imide groups is 1. The summed E-state index contributed by atoms with van der Waals surface area (Å²) in [6, 6.07) is 7.32. The number of hydrogen-bond donors (Lipinski definition) is 1. The Bertz CT molecular complexity index is 769. The Morgan fingerprint density at radius 3 is 2.64 bits per heavy atom. The van der Waals surface area contributed by atoms with Crippen LogP contribution < -0.4 is 4.74 Å². The molecule has 0 bridgehead atoms. The zero-order valence-electron chi connectivity index (χ0n) is 16.4. The van der Waals surface area contributed by atoms with Crippen LogP contribution in [0.5, 0.6) is 5.75 Å². The van der Waals surface area contributed by atoms with Crippen molar-refractivity contribution in [3.8, 4) is 5.75 Å². The fraction of sp³-hybridized carbons (Fsp3) is 0.455. The van der Waals surface area contributed by atoms with Gasteiger partial charge in [0.05, 0.1) is 12.2 Å². The predicted octanol–water partition coefficient (Wildman–Crippen LogP) is 2.45. The topological polar surface area (TPSA) is 70.1 Å². The molecule has 0 radical (unpaired) electrons. The van der Waals surface area contributed by atoms with Crippen molar-refractivity contribution in [1.82, 2.24) is 9.80 Å². The summed E-state index contributed by atoms with van der Waals surface area (Å²) in [5, 5.41) is 9.56. The van der Waals surface area contributed by atoms with Crippen molar-refractivity contribution in [2.24, 2.45) is 5.92 Å². The number of hydrogen-bond acceptors (Lipinski definition) is 5. The van der Waals surface area contributed by atoms with Gasteiger partial charge >= 0.3 is 0 Å². The van der Waals surface area contributed by atoms with Gasteiger partial charge in [-0.05, 0) is 42.9 Å². The molecule has 6 heteroatoms. The van der Waals surface area contributed by atoms with E-state index in [4.69, 9.17) is 4.74 Å². The molecule has 2 heterocycles. The van der Waals surface area contributed by atoms with E-state index < -0.39 is 0 Å². The number of rotatable bonds is 8. The summed E-state index contributed by atoms with van der Waals surface area (Å²) in [6.07, 6.45) is 4.29. The summed E-state index contributed by atoms with van der Waals surface area (Å²) < 4.78 is 5.62. The fourth-order valence-electron chi connectivity index (χ4n) is 3.77. The van der Waals surface area contributed by atoms with Crippen LogP contribution in [0.15, 0.2) is 42.6 Å². The van der Waals surface area contributed by atoms with Crippen molar-refractivity contribution in [2.75, 3.05) is 32.8 Å². The van der Waals surface area contributed by atoms with Gasteiger partial charge in [0.1, 0.15) is 11.4 Å². The lowest BCUT2D eigenvalue weighted by molar-refractivity contribution is -0.137. The maximum atomic E-state index is 13.1. The Hall–Kier alpha value is -2.60. The smallest absolute Gasteiger partial charge is 0.278 e. The summed E-state index contributed by atoms with van der Waals surface area (Å²) in [5.74, 6) is 0.271. The van der Waals surface area contributed by atoms with E-state index in [1.807, 2.05) is 36.1 Å². The van der Waals surface area contributed by atoms with Gasteiger partial charge in [-0.15, -0.1) is 6.58 Å². The van der Waals surface area contributed by atoms with Crippen LogP contribution in [-0.4, -0.2) is 59.6 Å². The van der Waals surface area contributed by atoms with Gasteiger partial charge in [0.25, 0.3) is 11.8 Å². The molecule has 150 valence electrons. The number of amides is 2. The maximum Gasteiger partial charge on any atom is 0.278 e. The third-order valence-corrected chi connectivity index (χ3v) is 5.16. The van der Waals surface area contributed by atoms with Crippen LogP contribution in [0.1, 0.15) is 31.7 Å². The van der Waals surface area contributed by atoms with Gasteiger partial charge in [0.2, 0.25) is 0 Å². The Kier molecular flexibility index (Phi) is 6.52. The molecule has 2 aliphatic rings. The molecular formula is C22H28N2O4. The zero-order chi connectivity index (χ0) is 20.1. The molecule has 1 unspecified atom stereocenters. The lowest BCUT2D eigenvalue weighted by Gasteiger charge is -2.34. The minimum absolute atomic E-state index is 0.0844. The lowest BCUT2D eigenvalue weighted by Crippen LogP contribution is -2.40. The first-order valence-electron chi connectivity index (χ1n) is 9.91. The van der Waals surface area contributed by atoms with Crippen LogP contribution in [0.2, 0.25) is 0 Å². The number of aliphatic hydroxyl groups excluding tert-OH is 1. The lowest BCUT2D eigenvalue weighted by atomic mass is 9.97. The summed E-state index contributed by atoms with van der Waals surface area (Å²) >= 11 is 0. The number of likely N-dealkylation sites (tertiary alicyclic amines) is 1. The highest BCUT2D eigenvalue weighted by Crippen LogP contribution is 2.34. The van der Waals surface area contributed by atoms with Gasteiger partial charge in [-0.25, -0.2) is 0 Å². The first kappa shape index (κ1) is 20.1. The molecule has 1 aromatic carbocycles. The first-order valence-corrected chi connectivity index (χ1v) is 9.91. The molecular weight excluding hydrogens is 356 g/mol. The van der Waals surface area contributed by atoms with Crippen LogP contribution in [0.3, 0.4) is 0 Å². The van der Waals surface area contributed by atoms with Gasteiger partial charge < -0.3 is 14.7 Å². The van der Waals surface area contributed by atoms with Crippen LogP contribution in [0.25, 0.3) is 5.57 Å². The van der Waals surface area contributed by atoms with Gasteiger partial charge in [0, 0.05) is 26.2 Å². The largest absolute Gasteiger partial charge is 0.494 e. The standard InChI is InChI=1S/C22H28N2O4/c1-3-11-24-21(26)19(17-7-9-18(10-8-17)28-13-4-2)20(22(24)27)23-12-5-6-16(14-23)15-25/h3,7-10,16,25H,1,4-6,11-15H2,2H3. The second-order valence-corrected chi connectivity index (χ2v) is 7.24. The van der Waals surface area contributed by atoms with Crippen LogP contribution in [0, 0.1) is 5.92 Å². The molecule has 1 N–H and O–H groups in total. The third-order valence-electron chi connectivity index (χ3n) is 5.16. The summed E-state index contributed by atoms with van der Waals surface area (Å²) in [6.45, 7) is 7.89. The SMILES string of the molecule is C=CCN1C(=O)C(c2ccc(OCCC)cc2)=C(N2CCCC(CO)C2)C1=O. The first-order chi connectivity index (χ1) is 13.6. The molecule has 1 saturated heterocycles. The monoisotopic (exact) mass is 384 g/mol. The molecule has 28 heavy (non-hydrogen) atoms. The van der Waals surface area contributed by atoms with Gasteiger partial charge in [0.15, 0.2) is 0 Å². The van der Waals surface area contributed by atoms with Crippen molar-refractivity contribution in [3.05, 3.63) is 48.2 Å².